The molecule has 0 bridgehead atoms. The molecule has 9 heteroatoms. The first-order chi connectivity index (χ1) is 8.68. The Morgan fingerprint density at radius 2 is 1.89 bits per heavy atom. The van der Waals surface area contributed by atoms with Crippen LogP contribution in [0.3, 0.4) is 0 Å². The van der Waals surface area contributed by atoms with Crippen molar-refractivity contribution in [3.8, 4) is 0 Å². The first-order valence-corrected chi connectivity index (χ1v) is 9.53. The van der Waals surface area contributed by atoms with E-state index in [1.165, 1.54) is 25.1 Å². The summed E-state index contributed by atoms with van der Waals surface area (Å²) in [7, 11) is -6.94. The van der Waals surface area contributed by atoms with E-state index in [1.54, 1.807) is 0 Å². The van der Waals surface area contributed by atoms with Crippen LogP contribution in [0.2, 0.25) is 0 Å². The van der Waals surface area contributed by atoms with Gasteiger partial charge in [-0.15, -0.1) is 0 Å². The van der Waals surface area contributed by atoms with Crippen molar-refractivity contribution in [2.24, 2.45) is 0 Å². The lowest BCUT2D eigenvalue weighted by Gasteiger charge is -2.08. The Kier molecular flexibility index (Phi) is 5.36. The average molecular weight is 371 g/mol. The predicted molar refractivity (Wildman–Crippen MR) is 78.1 cm³/mol. The summed E-state index contributed by atoms with van der Waals surface area (Å²) < 4.78 is 49.1. The van der Waals surface area contributed by atoms with Gasteiger partial charge in [0, 0.05) is 22.5 Å². The molecule has 0 aromatic heterocycles. The normalized spacial score (nSPS) is 12.5. The smallest absolute Gasteiger partial charge is 0.240 e. The Morgan fingerprint density at radius 3 is 2.42 bits per heavy atom. The highest BCUT2D eigenvalue weighted by atomic mass is 79.9. The molecular formula is C10H15BrN2O4S2. The molecule has 0 aliphatic carbocycles. The number of sulfonamides is 1. The standard InChI is InChI=1S/C10H15BrN2O4S2/c1-2-18(14,15)6-5-13-19(16,17)8-3-4-9(11)10(12)7-8/h3-4,7,13H,2,5-6,12H2,1H3. The number of rotatable bonds is 6. The van der Waals surface area contributed by atoms with Gasteiger partial charge < -0.3 is 5.73 Å². The molecule has 108 valence electrons. The largest absolute Gasteiger partial charge is 0.398 e. The minimum Gasteiger partial charge on any atom is -0.398 e. The van der Waals surface area contributed by atoms with E-state index < -0.39 is 19.9 Å². The summed E-state index contributed by atoms with van der Waals surface area (Å²) in [5, 5.41) is 0. The van der Waals surface area contributed by atoms with Crippen molar-refractivity contribution < 1.29 is 16.8 Å². The van der Waals surface area contributed by atoms with Gasteiger partial charge in [-0.3, -0.25) is 0 Å². The lowest BCUT2D eigenvalue weighted by Crippen LogP contribution is -2.29. The highest BCUT2D eigenvalue weighted by Gasteiger charge is 2.16. The van der Waals surface area contributed by atoms with Crippen LogP contribution in [0.15, 0.2) is 27.6 Å². The molecule has 0 aliphatic rings. The van der Waals surface area contributed by atoms with Crippen LogP contribution in [0.1, 0.15) is 6.92 Å². The molecule has 3 N–H and O–H groups in total. The summed E-state index contributed by atoms with van der Waals surface area (Å²) in [5.41, 5.74) is 5.90. The van der Waals surface area contributed by atoms with Gasteiger partial charge in [-0.1, -0.05) is 6.92 Å². The number of nitrogens with one attached hydrogen (secondary N) is 1. The molecule has 19 heavy (non-hydrogen) atoms. The van der Waals surface area contributed by atoms with Crippen molar-refractivity contribution in [1.29, 1.82) is 0 Å². The number of anilines is 1. The van der Waals surface area contributed by atoms with E-state index >= 15 is 0 Å². The van der Waals surface area contributed by atoms with E-state index in [2.05, 4.69) is 20.7 Å². The zero-order valence-electron chi connectivity index (χ0n) is 10.3. The SMILES string of the molecule is CCS(=O)(=O)CCNS(=O)(=O)c1ccc(Br)c(N)c1. The molecule has 1 rings (SSSR count). The molecule has 0 aliphatic heterocycles. The van der Waals surface area contributed by atoms with E-state index in [4.69, 9.17) is 5.73 Å². The highest BCUT2D eigenvalue weighted by molar-refractivity contribution is 9.10. The Labute approximate surface area is 121 Å². The first kappa shape index (κ1) is 16.4. The molecule has 0 fully saturated rings. The van der Waals surface area contributed by atoms with Crippen molar-refractivity contribution >= 4 is 41.5 Å². The molecule has 1 aromatic rings. The molecule has 6 nitrogen and oxygen atoms in total. The lowest BCUT2D eigenvalue weighted by atomic mass is 10.3. The lowest BCUT2D eigenvalue weighted by molar-refractivity contribution is 0.581. The molecule has 0 saturated heterocycles. The number of sulfone groups is 1. The quantitative estimate of drug-likeness (QED) is 0.718. The molecule has 0 unspecified atom stereocenters. The molecule has 0 radical (unpaired) electrons. The first-order valence-electron chi connectivity index (χ1n) is 5.43. The number of benzene rings is 1. The minimum absolute atomic E-state index is 0.00194. The Bertz CT molecular complexity index is 656. The van der Waals surface area contributed by atoms with Gasteiger partial charge in [-0.05, 0) is 34.1 Å². The molecule has 0 spiro atoms. The zero-order chi connectivity index (χ0) is 14.7. The third kappa shape index (κ3) is 4.75. The Morgan fingerprint density at radius 1 is 1.26 bits per heavy atom. The van der Waals surface area contributed by atoms with E-state index in [1.807, 2.05) is 0 Å². The summed E-state index contributed by atoms with van der Waals surface area (Å²) in [6.07, 6.45) is 0. The number of hydrogen-bond donors (Lipinski definition) is 2. The molecule has 0 saturated carbocycles. The second-order valence-electron chi connectivity index (χ2n) is 3.82. The Hall–Kier alpha value is -0.640. The summed E-state index contributed by atoms with van der Waals surface area (Å²) in [6.45, 7) is 1.35. The number of nitrogens with two attached hydrogens (primary N) is 1. The maximum absolute atomic E-state index is 11.9. The second kappa shape index (κ2) is 6.21. The van der Waals surface area contributed by atoms with Gasteiger partial charge in [-0.2, -0.15) is 0 Å². The van der Waals surface area contributed by atoms with Crippen molar-refractivity contribution in [3.63, 3.8) is 0 Å². The van der Waals surface area contributed by atoms with Crippen LogP contribution in [-0.2, 0) is 19.9 Å². The zero-order valence-corrected chi connectivity index (χ0v) is 13.5. The highest BCUT2D eigenvalue weighted by Crippen LogP contribution is 2.22. The van der Waals surface area contributed by atoms with E-state index in [-0.39, 0.29) is 22.9 Å². The fourth-order valence-electron chi connectivity index (χ4n) is 1.25. The third-order valence-electron chi connectivity index (χ3n) is 2.42. The number of hydrogen-bond acceptors (Lipinski definition) is 5. The van der Waals surface area contributed by atoms with Gasteiger partial charge in [0.2, 0.25) is 10.0 Å². The van der Waals surface area contributed by atoms with E-state index in [0.29, 0.717) is 10.2 Å². The van der Waals surface area contributed by atoms with Crippen molar-refractivity contribution in [2.75, 3.05) is 23.8 Å². The van der Waals surface area contributed by atoms with Crippen LogP contribution in [0.25, 0.3) is 0 Å². The van der Waals surface area contributed by atoms with Gasteiger partial charge in [0.15, 0.2) is 9.84 Å². The Balaban J connectivity index is 2.79. The predicted octanol–water partition coefficient (Wildman–Crippen LogP) is 0.744. The third-order valence-corrected chi connectivity index (χ3v) is 6.31. The van der Waals surface area contributed by atoms with Crippen molar-refractivity contribution in [2.45, 2.75) is 11.8 Å². The van der Waals surface area contributed by atoms with E-state index in [9.17, 15) is 16.8 Å². The fraction of sp³-hybridized carbons (Fsp3) is 0.400. The van der Waals surface area contributed by atoms with Crippen LogP contribution >= 0.6 is 15.9 Å². The van der Waals surface area contributed by atoms with Gasteiger partial charge in [0.05, 0.1) is 10.6 Å². The summed E-state index contributed by atoms with van der Waals surface area (Å²) >= 11 is 3.16. The maximum atomic E-state index is 11.9. The average Bonchev–Trinajstić information content (AvgIpc) is 2.32. The summed E-state index contributed by atoms with van der Waals surface area (Å²) in [6, 6.07) is 4.21. The molecule has 0 amide bonds. The van der Waals surface area contributed by atoms with Crippen molar-refractivity contribution in [3.05, 3.63) is 22.7 Å². The van der Waals surface area contributed by atoms with Crippen molar-refractivity contribution in [1.82, 2.24) is 4.72 Å². The maximum Gasteiger partial charge on any atom is 0.240 e. The van der Waals surface area contributed by atoms with Crippen LogP contribution in [-0.4, -0.2) is 34.9 Å². The molecule has 0 atom stereocenters. The van der Waals surface area contributed by atoms with Crippen LogP contribution in [0.4, 0.5) is 5.69 Å². The molecule has 0 heterocycles. The second-order valence-corrected chi connectivity index (χ2v) is 8.91. The van der Waals surface area contributed by atoms with Crippen LogP contribution < -0.4 is 10.5 Å². The van der Waals surface area contributed by atoms with Gasteiger partial charge in [0.25, 0.3) is 0 Å². The van der Waals surface area contributed by atoms with E-state index in [0.717, 1.165) is 0 Å². The minimum atomic E-state index is -3.75. The number of halogens is 1. The van der Waals surface area contributed by atoms with Crippen LogP contribution in [0.5, 0.6) is 0 Å². The monoisotopic (exact) mass is 370 g/mol. The molecule has 1 aromatic carbocycles. The summed E-state index contributed by atoms with van der Waals surface area (Å²) in [4.78, 5) is 0.00194. The topological polar surface area (TPSA) is 106 Å². The van der Waals surface area contributed by atoms with Gasteiger partial charge >= 0.3 is 0 Å². The molecular weight excluding hydrogens is 356 g/mol. The van der Waals surface area contributed by atoms with Crippen LogP contribution in [0, 0.1) is 0 Å². The van der Waals surface area contributed by atoms with Gasteiger partial charge in [0.1, 0.15) is 0 Å². The van der Waals surface area contributed by atoms with Gasteiger partial charge in [-0.25, -0.2) is 21.6 Å². The number of nitrogen functional groups attached to an aromatic ring is 1. The fourth-order valence-corrected chi connectivity index (χ4v) is 3.39. The summed E-state index contributed by atoms with van der Waals surface area (Å²) in [5.74, 6) is -0.241.